The summed E-state index contributed by atoms with van der Waals surface area (Å²) in [4.78, 5) is 16.9. The summed E-state index contributed by atoms with van der Waals surface area (Å²) >= 11 is 1.61. The minimum atomic E-state index is -0.336. The lowest BCUT2D eigenvalue weighted by atomic mass is 10.1. The molecule has 1 aliphatic rings. The van der Waals surface area contributed by atoms with Gasteiger partial charge in [-0.05, 0) is 37.8 Å². The number of benzene rings is 2. The number of aromatic nitrogens is 1. The zero-order chi connectivity index (χ0) is 19.7. The van der Waals surface area contributed by atoms with E-state index in [1.54, 1.807) is 23.5 Å². The second-order valence-corrected chi connectivity index (χ2v) is 8.21. The summed E-state index contributed by atoms with van der Waals surface area (Å²) in [7, 11) is 0. The van der Waals surface area contributed by atoms with Crippen LogP contribution in [0.1, 0.15) is 42.9 Å². The van der Waals surface area contributed by atoms with Crippen LogP contribution in [0, 0.1) is 24.0 Å². The number of para-hydroxylation sites is 1. The summed E-state index contributed by atoms with van der Waals surface area (Å²) < 4.78 is 2.31. The molecule has 1 aliphatic carbocycles. The fourth-order valence-corrected chi connectivity index (χ4v) is 4.96. The van der Waals surface area contributed by atoms with Crippen LogP contribution in [-0.2, 0) is 0 Å². The van der Waals surface area contributed by atoms with Crippen molar-refractivity contribution in [2.75, 3.05) is 0 Å². The Morgan fingerprint density at radius 1 is 1.11 bits per heavy atom. The monoisotopic (exact) mass is 393 g/mol. The molecular formula is C22H23N3O2S. The zero-order valence-electron chi connectivity index (χ0n) is 16.1. The van der Waals surface area contributed by atoms with Crippen molar-refractivity contribution in [3.05, 3.63) is 73.9 Å². The number of rotatable bonds is 4. The molecule has 1 saturated carbocycles. The number of nitro benzene ring substituents is 1. The van der Waals surface area contributed by atoms with Crippen molar-refractivity contribution in [2.45, 2.75) is 45.6 Å². The molecule has 0 spiro atoms. The first-order valence-corrected chi connectivity index (χ1v) is 10.5. The van der Waals surface area contributed by atoms with E-state index >= 15 is 0 Å². The lowest BCUT2D eigenvalue weighted by Gasteiger charge is -2.16. The molecule has 5 nitrogen and oxygen atoms in total. The lowest BCUT2D eigenvalue weighted by Crippen LogP contribution is -2.20. The number of thiazole rings is 1. The van der Waals surface area contributed by atoms with E-state index in [-0.39, 0.29) is 10.6 Å². The van der Waals surface area contributed by atoms with Crippen LogP contribution in [0.25, 0.3) is 11.3 Å². The molecule has 0 N–H and O–H groups in total. The maximum atomic E-state index is 11.2. The van der Waals surface area contributed by atoms with E-state index in [4.69, 9.17) is 4.99 Å². The van der Waals surface area contributed by atoms with Crippen LogP contribution in [-0.4, -0.2) is 9.49 Å². The van der Waals surface area contributed by atoms with Gasteiger partial charge in [0.1, 0.15) is 0 Å². The topological polar surface area (TPSA) is 60.4 Å². The SMILES string of the molecule is Cc1cccc(C)c1N=c1scc(-c2cccc([N+](=O)[O-])c2)n1C1CCCC1. The van der Waals surface area contributed by atoms with Crippen molar-refractivity contribution in [3.63, 3.8) is 0 Å². The minimum absolute atomic E-state index is 0.120. The molecule has 0 atom stereocenters. The molecule has 4 rings (SSSR count). The Morgan fingerprint density at radius 2 is 1.79 bits per heavy atom. The third-order valence-corrected chi connectivity index (χ3v) is 6.27. The quantitative estimate of drug-likeness (QED) is 0.398. The smallest absolute Gasteiger partial charge is 0.270 e. The highest BCUT2D eigenvalue weighted by molar-refractivity contribution is 7.07. The van der Waals surface area contributed by atoms with Gasteiger partial charge in [-0.15, -0.1) is 11.3 Å². The molecule has 1 fully saturated rings. The first-order valence-electron chi connectivity index (χ1n) is 9.60. The van der Waals surface area contributed by atoms with Gasteiger partial charge in [-0.25, -0.2) is 4.99 Å². The van der Waals surface area contributed by atoms with E-state index in [9.17, 15) is 10.1 Å². The molecule has 1 heterocycles. The van der Waals surface area contributed by atoms with E-state index in [1.165, 1.54) is 18.9 Å². The van der Waals surface area contributed by atoms with E-state index in [2.05, 4.69) is 42.0 Å². The maximum Gasteiger partial charge on any atom is 0.270 e. The third kappa shape index (κ3) is 3.52. The summed E-state index contributed by atoms with van der Waals surface area (Å²) in [5.74, 6) is 0. The van der Waals surface area contributed by atoms with Crippen molar-refractivity contribution in [1.29, 1.82) is 0 Å². The van der Waals surface area contributed by atoms with Crippen molar-refractivity contribution in [3.8, 4) is 11.3 Å². The van der Waals surface area contributed by atoms with Gasteiger partial charge in [-0.1, -0.05) is 43.2 Å². The van der Waals surface area contributed by atoms with E-state index < -0.39 is 0 Å². The first-order chi connectivity index (χ1) is 13.5. The molecule has 28 heavy (non-hydrogen) atoms. The summed E-state index contributed by atoms with van der Waals surface area (Å²) in [5.41, 5.74) is 5.34. The highest BCUT2D eigenvalue weighted by Crippen LogP contribution is 2.34. The second kappa shape index (κ2) is 7.72. The highest BCUT2D eigenvalue weighted by Gasteiger charge is 2.22. The van der Waals surface area contributed by atoms with Gasteiger partial charge in [0.05, 0.1) is 16.3 Å². The molecule has 144 valence electrons. The lowest BCUT2D eigenvalue weighted by molar-refractivity contribution is -0.384. The molecule has 0 radical (unpaired) electrons. The van der Waals surface area contributed by atoms with Crippen molar-refractivity contribution >= 4 is 22.7 Å². The fourth-order valence-electron chi connectivity index (χ4n) is 3.98. The van der Waals surface area contributed by atoms with Crippen LogP contribution in [0.2, 0.25) is 0 Å². The predicted molar refractivity (Wildman–Crippen MR) is 113 cm³/mol. The van der Waals surface area contributed by atoms with Gasteiger partial charge in [-0.2, -0.15) is 0 Å². The average Bonchev–Trinajstić information content (AvgIpc) is 3.34. The normalized spacial score (nSPS) is 15.3. The zero-order valence-corrected chi connectivity index (χ0v) is 16.9. The Morgan fingerprint density at radius 3 is 2.46 bits per heavy atom. The van der Waals surface area contributed by atoms with Gasteiger partial charge >= 0.3 is 0 Å². The number of hydrogen-bond acceptors (Lipinski definition) is 4. The van der Waals surface area contributed by atoms with Crippen LogP contribution in [0.15, 0.2) is 52.8 Å². The molecule has 0 amide bonds. The Kier molecular flexibility index (Phi) is 5.13. The van der Waals surface area contributed by atoms with Crippen LogP contribution in [0.3, 0.4) is 0 Å². The number of nitrogens with zero attached hydrogens (tertiary/aromatic N) is 3. The van der Waals surface area contributed by atoms with Crippen molar-refractivity contribution < 1.29 is 4.92 Å². The minimum Gasteiger partial charge on any atom is -0.313 e. The second-order valence-electron chi connectivity index (χ2n) is 7.37. The molecule has 0 saturated heterocycles. The predicted octanol–water partition coefficient (Wildman–Crippen LogP) is 6.09. The molecule has 6 heteroatoms. The molecule has 0 unspecified atom stereocenters. The average molecular weight is 394 g/mol. The van der Waals surface area contributed by atoms with Crippen molar-refractivity contribution in [2.24, 2.45) is 4.99 Å². The molecule has 0 bridgehead atoms. The summed E-state index contributed by atoms with van der Waals surface area (Å²) in [6.45, 7) is 4.17. The standard InChI is InChI=1S/C22H23N3O2S/c1-15-7-5-8-16(2)21(15)23-22-24(18-10-3-4-11-18)20(14-28-22)17-9-6-12-19(13-17)25(26)27/h5-9,12-14,18H,3-4,10-11H2,1-2H3. The molecule has 0 aliphatic heterocycles. The molecule has 3 aromatic rings. The third-order valence-electron chi connectivity index (χ3n) is 5.43. The fraction of sp³-hybridized carbons (Fsp3) is 0.318. The molecule has 1 aromatic heterocycles. The number of aryl methyl sites for hydroxylation is 2. The Bertz CT molecular complexity index is 1070. The van der Waals surface area contributed by atoms with Crippen LogP contribution in [0.4, 0.5) is 11.4 Å². The Hall–Kier alpha value is -2.73. The maximum absolute atomic E-state index is 11.2. The van der Waals surface area contributed by atoms with Gasteiger partial charge in [0.2, 0.25) is 0 Å². The highest BCUT2D eigenvalue weighted by atomic mass is 32.1. The Labute approximate surface area is 168 Å². The van der Waals surface area contributed by atoms with Crippen LogP contribution >= 0.6 is 11.3 Å². The molecular weight excluding hydrogens is 370 g/mol. The van der Waals surface area contributed by atoms with Gasteiger partial charge in [0, 0.05) is 29.1 Å². The number of nitro groups is 1. The number of non-ortho nitro benzene ring substituents is 1. The van der Waals surface area contributed by atoms with Gasteiger partial charge in [0.25, 0.3) is 5.69 Å². The summed E-state index contributed by atoms with van der Waals surface area (Å²) in [6.07, 6.45) is 4.67. The first kappa shape index (κ1) is 18.6. The van der Waals surface area contributed by atoms with Crippen molar-refractivity contribution in [1.82, 2.24) is 4.57 Å². The van der Waals surface area contributed by atoms with E-state index in [0.717, 1.165) is 45.7 Å². The van der Waals surface area contributed by atoms with Gasteiger partial charge < -0.3 is 4.57 Å². The summed E-state index contributed by atoms with van der Waals surface area (Å²) in [5, 5.41) is 13.3. The van der Waals surface area contributed by atoms with Gasteiger partial charge in [0.15, 0.2) is 4.80 Å². The van der Waals surface area contributed by atoms with Gasteiger partial charge in [-0.3, -0.25) is 10.1 Å². The van der Waals surface area contributed by atoms with Crippen LogP contribution in [0.5, 0.6) is 0 Å². The Balaban J connectivity index is 1.91. The number of hydrogen-bond donors (Lipinski definition) is 0. The summed E-state index contributed by atoms with van der Waals surface area (Å²) in [6, 6.07) is 13.5. The molecule has 2 aromatic carbocycles. The largest absolute Gasteiger partial charge is 0.313 e. The van der Waals surface area contributed by atoms with E-state index in [0.29, 0.717) is 6.04 Å². The van der Waals surface area contributed by atoms with E-state index in [1.807, 2.05) is 6.07 Å². The van der Waals surface area contributed by atoms with Crippen LogP contribution < -0.4 is 4.80 Å².